The van der Waals surface area contributed by atoms with Crippen LogP contribution in [0.1, 0.15) is 24.9 Å². The third-order valence-corrected chi connectivity index (χ3v) is 4.14. The fourth-order valence-corrected chi connectivity index (χ4v) is 2.92. The number of hydrogen-bond acceptors (Lipinski definition) is 4. The second-order valence-corrected chi connectivity index (χ2v) is 5.68. The van der Waals surface area contributed by atoms with Gasteiger partial charge in [-0.3, -0.25) is 0 Å². The molecule has 3 nitrogen and oxygen atoms in total. The SMILES string of the molecule is CCOc1ccc(-c2csc(C(C)N)n2)c(Br)c1. The van der Waals surface area contributed by atoms with Crippen LogP contribution in [0.2, 0.25) is 0 Å². The Morgan fingerprint density at radius 1 is 1.50 bits per heavy atom. The molecule has 0 radical (unpaired) electrons. The predicted octanol–water partition coefficient (Wildman–Crippen LogP) is 3.99. The van der Waals surface area contributed by atoms with E-state index in [2.05, 4.69) is 20.9 Å². The summed E-state index contributed by atoms with van der Waals surface area (Å²) in [6, 6.07) is 5.90. The van der Waals surface area contributed by atoms with Gasteiger partial charge in [0, 0.05) is 15.4 Å². The molecule has 0 saturated heterocycles. The van der Waals surface area contributed by atoms with E-state index in [1.807, 2.05) is 37.4 Å². The first-order chi connectivity index (χ1) is 8.61. The summed E-state index contributed by atoms with van der Waals surface area (Å²) in [5.41, 5.74) is 7.83. The van der Waals surface area contributed by atoms with Crippen LogP contribution in [0.15, 0.2) is 28.1 Å². The van der Waals surface area contributed by atoms with Crippen LogP contribution in [0, 0.1) is 0 Å². The number of halogens is 1. The number of nitrogens with two attached hydrogens (primary N) is 1. The highest BCUT2D eigenvalue weighted by Crippen LogP contribution is 2.33. The van der Waals surface area contributed by atoms with Crippen LogP contribution in [-0.2, 0) is 0 Å². The number of aromatic nitrogens is 1. The molecule has 96 valence electrons. The molecule has 2 aromatic rings. The number of rotatable bonds is 4. The van der Waals surface area contributed by atoms with Gasteiger partial charge in [0.15, 0.2) is 0 Å². The van der Waals surface area contributed by atoms with Crippen LogP contribution >= 0.6 is 27.3 Å². The molecule has 0 bridgehead atoms. The molecule has 1 atom stereocenters. The fourth-order valence-electron chi connectivity index (χ4n) is 1.58. The molecule has 0 spiro atoms. The standard InChI is InChI=1S/C13H15BrN2OS/c1-3-17-9-4-5-10(11(14)6-9)12-7-18-13(16-12)8(2)15/h4-8H,3,15H2,1-2H3. The maximum Gasteiger partial charge on any atom is 0.120 e. The summed E-state index contributed by atoms with van der Waals surface area (Å²) in [6.07, 6.45) is 0. The van der Waals surface area contributed by atoms with Gasteiger partial charge < -0.3 is 10.5 Å². The first-order valence-electron chi connectivity index (χ1n) is 5.75. The van der Waals surface area contributed by atoms with Crippen molar-refractivity contribution in [2.75, 3.05) is 6.61 Å². The molecule has 2 rings (SSSR count). The van der Waals surface area contributed by atoms with Crippen molar-refractivity contribution < 1.29 is 4.74 Å². The molecule has 2 N–H and O–H groups in total. The molecule has 1 heterocycles. The third-order valence-electron chi connectivity index (χ3n) is 2.44. The van der Waals surface area contributed by atoms with E-state index in [1.54, 1.807) is 11.3 Å². The molecule has 1 aromatic heterocycles. The molecule has 0 fully saturated rings. The molecule has 1 unspecified atom stereocenters. The van der Waals surface area contributed by atoms with Crippen molar-refractivity contribution in [2.45, 2.75) is 19.9 Å². The minimum Gasteiger partial charge on any atom is -0.494 e. The summed E-state index contributed by atoms with van der Waals surface area (Å²) in [4.78, 5) is 4.54. The van der Waals surface area contributed by atoms with Crippen LogP contribution in [0.3, 0.4) is 0 Å². The summed E-state index contributed by atoms with van der Waals surface area (Å²) in [5, 5.41) is 2.98. The highest BCUT2D eigenvalue weighted by molar-refractivity contribution is 9.10. The van der Waals surface area contributed by atoms with Crippen molar-refractivity contribution in [3.05, 3.63) is 33.1 Å². The monoisotopic (exact) mass is 326 g/mol. The van der Waals surface area contributed by atoms with E-state index in [4.69, 9.17) is 10.5 Å². The van der Waals surface area contributed by atoms with Crippen LogP contribution in [0.5, 0.6) is 5.75 Å². The van der Waals surface area contributed by atoms with E-state index in [9.17, 15) is 0 Å². The molecule has 0 aliphatic carbocycles. The number of benzene rings is 1. The fraction of sp³-hybridized carbons (Fsp3) is 0.308. The summed E-state index contributed by atoms with van der Waals surface area (Å²) >= 11 is 5.14. The number of thiazole rings is 1. The van der Waals surface area contributed by atoms with Crippen molar-refractivity contribution in [3.63, 3.8) is 0 Å². The maximum atomic E-state index is 5.82. The van der Waals surface area contributed by atoms with E-state index < -0.39 is 0 Å². The number of hydrogen-bond donors (Lipinski definition) is 1. The maximum absolute atomic E-state index is 5.82. The van der Waals surface area contributed by atoms with Crippen molar-refractivity contribution in [2.24, 2.45) is 5.73 Å². The Morgan fingerprint density at radius 3 is 2.83 bits per heavy atom. The lowest BCUT2D eigenvalue weighted by molar-refractivity contribution is 0.340. The molecule has 0 saturated carbocycles. The smallest absolute Gasteiger partial charge is 0.120 e. The molecule has 0 aliphatic rings. The minimum atomic E-state index is -0.0229. The van der Waals surface area contributed by atoms with Gasteiger partial charge in [-0.2, -0.15) is 0 Å². The van der Waals surface area contributed by atoms with Crippen LogP contribution in [0.4, 0.5) is 0 Å². The predicted molar refractivity (Wildman–Crippen MR) is 79.0 cm³/mol. The zero-order chi connectivity index (χ0) is 13.1. The van der Waals surface area contributed by atoms with Gasteiger partial charge in [-0.25, -0.2) is 4.98 Å². The Labute approximate surface area is 119 Å². The van der Waals surface area contributed by atoms with Crippen LogP contribution < -0.4 is 10.5 Å². The number of ether oxygens (including phenoxy) is 1. The molecule has 5 heteroatoms. The van der Waals surface area contributed by atoms with Gasteiger partial charge in [0.25, 0.3) is 0 Å². The molecular weight excluding hydrogens is 312 g/mol. The van der Waals surface area contributed by atoms with E-state index >= 15 is 0 Å². The Balaban J connectivity index is 2.32. The second-order valence-electron chi connectivity index (χ2n) is 3.93. The molecular formula is C13H15BrN2OS. The van der Waals surface area contributed by atoms with Gasteiger partial charge in [-0.15, -0.1) is 11.3 Å². The third kappa shape index (κ3) is 2.91. The summed E-state index contributed by atoms with van der Waals surface area (Å²) in [6.45, 7) is 4.57. The summed E-state index contributed by atoms with van der Waals surface area (Å²) in [7, 11) is 0. The molecule has 0 amide bonds. The van der Waals surface area contributed by atoms with E-state index in [1.165, 1.54) is 0 Å². The number of nitrogens with zero attached hydrogens (tertiary/aromatic N) is 1. The molecule has 1 aromatic carbocycles. The van der Waals surface area contributed by atoms with Crippen molar-refractivity contribution in [3.8, 4) is 17.0 Å². The van der Waals surface area contributed by atoms with Crippen molar-refractivity contribution in [1.82, 2.24) is 4.98 Å². The first kappa shape index (κ1) is 13.5. The highest BCUT2D eigenvalue weighted by Gasteiger charge is 2.11. The topological polar surface area (TPSA) is 48.1 Å². The van der Waals surface area contributed by atoms with E-state index in [0.717, 1.165) is 26.5 Å². The van der Waals surface area contributed by atoms with Crippen molar-refractivity contribution in [1.29, 1.82) is 0 Å². The van der Waals surface area contributed by atoms with Crippen LogP contribution in [0.25, 0.3) is 11.3 Å². The normalized spacial score (nSPS) is 12.4. The second kappa shape index (κ2) is 5.82. The lowest BCUT2D eigenvalue weighted by Crippen LogP contribution is -2.03. The summed E-state index contributed by atoms with van der Waals surface area (Å²) < 4.78 is 6.43. The Kier molecular flexibility index (Phi) is 4.37. The Morgan fingerprint density at radius 2 is 2.28 bits per heavy atom. The van der Waals surface area contributed by atoms with E-state index in [-0.39, 0.29) is 6.04 Å². The van der Waals surface area contributed by atoms with Gasteiger partial charge in [0.2, 0.25) is 0 Å². The largest absolute Gasteiger partial charge is 0.494 e. The van der Waals surface area contributed by atoms with Gasteiger partial charge in [-0.1, -0.05) is 0 Å². The summed E-state index contributed by atoms with van der Waals surface area (Å²) in [5.74, 6) is 0.857. The first-order valence-corrected chi connectivity index (χ1v) is 7.42. The van der Waals surface area contributed by atoms with Gasteiger partial charge in [0.1, 0.15) is 10.8 Å². The molecule has 18 heavy (non-hydrogen) atoms. The quantitative estimate of drug-likeness (QED) is 0.924. The zero-order valence-corrected chi connectivity index (χ0v) is 12.7. The lowest BCUT2D eigenvalue weighted by Gasteiger charge is -2.06. The van der Waals surface area contributed by atoms with Gasteiger partial charge >= 0.3 is 0 Å². The van der Waals surface area contributed by atoms with Gasteiger partial charge in [0.05, 0.1) is 18.3 Å². The lowest BCUT2D eigenvalue weighted by atomic mass is 10.2. The average Bonchev–Trinajstić information content (AvgIpc) is 2.79. The highest BCUT2D eigenvalue weighted by atomic mass is 79.9. The average molecular weight is 327 g/mol. The van der Waals surface area contributed by atoms with Crippen LogP contribution in [-0.4, -0.2) is 11.6 Å². The minimum absolute atomic E-state index is 0.0229. The Bertz CT molecular complexity index is 540. The zero-order valence-electron chi connectivity index (χ0n) is 10.3. The van der Waals surface area contributed by atoms with E-state index in [0.29, 0.717) is 6.61 Å². The molecule has 0 aliphatic heterocycles. The van der Waals surface area contributed by atoms with Gasteiger partial charge in [-0.05, 0) is 48.0 Å². The van der Waals surface area contributed by atoms with Crippen molar-refractivity contribution >= 4 is 27.3 Å². The Hall–Kier alpha value is -0.910.